The van der Waals surface area contributed by atoms with E-state index in [0.29, 0.717) is 13.9 Å². The van der Waals surface area contributed by atoms with E-state index in [1.54, 1.807) is 10.7 Å². The van der Waals surface area contributed by atoms with Crippen LogP contribution in [0.1, 0.15) is 15.9 Å². The zero-order valence-electron chi connectivity index (χ0n) is 12.7. The lowest BCUT2D eigenvalue weighted by Crippen LogP contribution is -2.03. The van der Waals surface area contributed by atoms with Crippen LogP contribution in [0.4, 0.5) is 4.39 Å². The van der Waals surface area contributed by atoms with Crippen molar-refractivity contribution in [1.29, 1.82) is 0 Å². The van der Waals surface area contributed by atoms with Gasteiger partial charge < -0.3 is 0 Å². The lowest BCUT2D eigenvalue weighted by Gasteiger charge is -2.04. The maximum Gasteiger partial charge on any atom is 0.184 e. The summed E-state index contributed by atoms with van der Waals surface area (Å²) in [7, 11) is 0. The molecule has 0 aliphatic carbocycles. The number of Topliss-reactive ketones (excluding diaryl/α,β-unsaturated/α-hetero) is 1. The lowest BCUT2D eigenvalue weighted by atomic mass is 10.1. The fraction of sp³-hybridized carbons (Fsp3) is 0.118. The molecule has 7 heteroatoms. The van der Waals surface area contributed by atoms with Crippen LogP contribution < -0.4 is 0 Å². The van der Waals surface area contributed by atoms with Gasteiger partial charge in [0.05, 0.1) is 11.4 Å². The van der Waals surface area contributed by atoms with E-state index >= 15 is 0 Å². The Kier molecular flexibility index (Phi) is 5.23. The van der Waals surface area contributed by atoms with Gasteiger partial charge in [0.25, 0.3) is 0 Å². The first kappa shape index (κ1) is 17.0. The number of benzene rings is 2. The molecule has 0 fully saturated rings. The van der Waals surface area contributed by atoms with E-state index in [0.717, 1.165) is 11.3 Å². The summed E-state index contributed by atoms with van der Waals surface area (Å²) < 4.78 is 16.2. The maximum atomic E-state index is 13.2. The third-order valence-electron chi connectivity index (χ3n) is 3.35. The van der Waals surface area contributed by atoms with Crippen LogP contribution in [0.3, 0.4) is 0 Å². The molecule has 0 aliphatic rings. The van der Waals surface area contributed by atoms with Gasteiger partial charge >= 0.3 is 0 Å². The van der Waals surface area contributed by atoms with Gasteiger partial charge in [-0.05, 0) is 42.9 Å². The van der Waals surface area contributed by atoms with Gasteiger partial charge in [0.15, 0.2) is 14.1 Å². The number of carbonyl (C=O) groups excluding carboxylic acids is 1. The molecule has 1 heterocycles. The molecule has 0 atom stereocenters. The first-order chi connectivity index (χ1) is 11.5. The normalized spacial score (nSPS) is 10.8. The van der Waals surface area contributed by atoms with E-state index < -0.39 is 5.82 Å². The molecular formula is C17H13FN2OS3. The zero-order chi connectivity index (χ0) is 17.1. The van der Waals surface area contributed by atoms with Crippen LogP contribution >= 0.6 is 35.3 Å². The number of ketones is 1. The molecule has 1 aromatic heterocycles. The van der Waals surface area contributed by atoms with Gasteiger partial charge in [-0.3, -0.25) is 4.79 Å². The highest BCUT2D eigenvalue weighted by Gasteiger charge is 2.12. The largest absolute Gasteiger partial charge is 0.293 e. The molecule has 0 unspecified atom stereocenters. The Morgan fingerprint density at radius 1 is 1.29 bits per heavy atom. The molecule has 3 nitrogen and oxygen atoms in total. The number of aryl methyl sites for hydroxylation is 1. The van der Waals surface area contributed by atoms with Crippen LogP contribution in [0, 0.1) is 16.7 Å². The summed E-state index contributed by atoms with van der Waals surface area (Å²) in [6, 6.07) is 13.6. The molecule has 122 valence electrons. The monoisotopic (exact) mass is 376 g/mol. The molecule has 0 amide bonds. The van der Waals surface area contributed by atoms with Gasteiger partial charge in [0.2, 0.25) is 0 Å². The predicted octanol–water partition coefficient (Wildman–Crippen LogP) is 5.09. The number of hydrogen-bond acceptors (Lipinski definition) is 5. The van der Waals surface area contributed by atoms with Crippen LogP contribution in [-0.2, 0) is 0 Å². The number of rotatable bonds is 5. The molecule has 0 bridgehead atoms. The number of aromatic nitrogens is 2. The molecule has 0 saturated carbocycles. The van der Waals surface area contributed by atoms with Crippen molar-refractivity contribution in [3.8, 4) is 5.69 Å². The van der Waals surface area contributed by atoms with E-state index in [4.69, 9.17) is 12.2 Å². The number of halogens is 1. The van der Waals surface area contributed by atoms with Crippen molar-refractivity contribution in [2.45, 2.75) is 11.3 Å². The fourth-order valence-electron chi connectivity index (χ4n) is 2.14. The Bertz CT molecular complexity index is 949. The van der Waals surface area contributed by atoms with Crippen molar-refractivity contribution in [1.82, 2.24) is 9.78 Å². The Morgan fingerprint density at radius 2 is 2.08 bits per heavy atom. The Labute approximate surface area is 152 Å². The molecular weight excluding hydrogens is 363 g/mol. The highest BCUT2D eigenvalue weighted by molar-refractivity contribution is 8.01. The average Bonchev–Trinajstić information content (AvgIpc) is 2.94. The summed E-state index contributed by atoms with van der Waals surface area (Å²) in [5.74, 6) is -0.354. The van der Waals surface area contributed by atoms with Crippen molar-refractivity contribution in [2.75, 3.05) is 5.75 Å². The van der Waals surface area contributed by atoms with Gasteiger partial charge in [-0.15, -0.1) is 5.10 Å². The molecule has 0 N–H and O–H groups in total. The smallest absolute Gasteiger partial charge is 0.184 e. The molecule has 0 spiro atoms. The van der Waals surface area contributed by atoms with E-state index in [1.807, 2.05) is 31.2 Å². The standard InChI is InChI=1S/C17H13FN2OS3/c1-11-5-2-3-8-14(11)20-17(22)24-16(19-20)23-10-15(21)12-6-4-7-13(18)9-12/h2-9H,10H2,1H3. The molecule has 3 aromatic rings. The zero-order valence-corrected chi connectivity index (χ0v) is 15.2. The van der Waals surface area contributed by atoms with E-state index in [1.165, 1.54) is 41.3 Å². The number of para-hydroxylation sites is 1. The summed E-state index contributed by atoms with van der Waals surface area (Å²) in [5, 5.41) is 4.49. The second kappa shape index (κ2) is 7.38. The molecule has 0 radical (unpaired) electrons. The fourth-order valence-corrected chi connectivity index (χ4v) is 4.39. The lowest BCUT2D eigenvalue weighted by molar-refractivity contribution is 0.102. The van der Waals surface area contributed by atoms with Crippen LogP contribution in [0.5, 0.6) is 0 Å². The second-order valence-corrected chi connectivity index (χ2v) is 7.90. The highest BCUT2D eigenvalue weighted by atomic mass is 32.2. The number of thioether (sulfide) groups is 1. The second-order valence-electron chi connectivity index (χ2n) is 5.05. The van der Waals surface area contributed by atoms with Gasteiger partial charge in [-0.1, -0.05) is 53.4 Å². The van der Waals surface area contributed by atoms with Crippen LogP contribution in [0.15, 0.2) is 52.9 Å². The number of hydrogen-bond donors (Lipinski definition) is 0. The summed E-state index contributed by atoms with van der Waals surface area (Å²) in [6.45, 7) is 2.00. The first-order valence-electron chi connectivity index (χ1n) is 7.12. The maximum absolute atomic E-state index is 13.2. The minimum absolute atomic E-state index is 0.136. The quantitative estimate of drug-likeness (QED) is 0.353. The third-order valence-corrected chi connectivity index (χ3v) is 5.71. The van der Waals surface area contributed by atoms with Crippen LogP contribution in [0.2, 0.25) is 0 Å². The van der Waals surface area contributed by atoms with Crippen molar-refractivity contribution < 1.29 is 9.18 Å². The molecule has 3 rings (SSSR count). The molecule has 24 heavy (non-hydrogen) atoms. The van der Waals surface area contributed by atoms with Crippen molar-refractivity contribution >= 4 is 41.1 Å². The van der Waals surface area contributed by atoms with Gasteiger partial charge in [-0.2, -0.15) is 0 Å². The van der Waals surface area contributed by atoms with Crippen LogP contribution in [-0.4, -0.2) is 21.3 Å². The summed E-state index contributed by atoms with van der Waals surface area (Å²) in [6.07, 6.45) is 0. The molecule has 0 aliphatic heterocycles. The SMILES string of the molecule is Cc1ccccc1-n1nc(SCC(=O)c2cccc(F)c2)sc1=S. The van der Waals surface area contributed by atoms with Gasteiger partial charge in [-0.25, -0.2) is 9.07 Å². The predicted molar refractivity (Wildman–Crippen MR) is 98.5 cm³/mol. The number of nitrogens with zero attached hydrogens (tertiary/aromatic N) is 2. The van der Waals surface area contributed by atoms with Crippen LogP contribution in [0.25, 0.3) is 5.69 Å². The number of carbonyl (C=O) groups is 1. The van der Waals surface area contributed by atoms with Crippen molar-refractivity contribution in [2.24, 2.45) is 0 Å². The third kappa shape index (κ3) is 3.80. The topological polar surface area (TPSA) is 34.9 Å². The highest BCUT2D eigenvalue weighted by Crippen LogP contribution is 2.25. The summed E-state index contributed by atoms with van der Waals surface area (Å²) in [5.41, 5.74) is 2.37. The Hall–Kier alpha value is -1.83. The average molecular weight is 377 g/mol. The Morgan fingerprint density at radius 3 is 2.83 bits per heavy atom. The summed E-state index contributed by atoms with van der Waals surface area (Å²) >= 11 is 8.05. The summed E-state index contributed by atoms with van der Waals surface area (Å²) in [4.78, 5) is 12.1. The Balaban J connectivity index is 1.76. The first-order valence-corrected chi connectivity index (χ1v) is 9.33. The van der Waals surface area contributed by atoms with Gasteiger partial charge in [0, 0.05) is 5.56 Å². The molecule has 0 saturated heterocycles. The minimum atomic E-state index is -0.412. The van der Waals surface area contributed by atoms with Crippen molar-refractivity contribution in [3.63, 3.8) is 0 Å². The van der Waals surface area contributed by atoms with E-state index in [9.17, 15) is 9.18 Å². The van der Waals surface area contributed by atoms with E-state index in [2.05, 4.69) is 5.10 Å². The van der Waals surface area contributed by atoms with Gasteiger partial charge in [0.1, 0.15) is 5.82 Å². The van der Waals surface area contributed by atoms with E-state index in [-0.39, 0.29) is 11.5 Å². The minimum Gasteiger partial charge on any atom is -0.293 e. The molecule has 2 aromatic carbocycles. The van der Waals surface area contributed by atoms with Crippen molar-refractivity contribution in [3.05, 3.63) is 69.4 Å².